The highest BCUT2D eigenvalue weighted by molar-refractivity contribution is 7.90. The Hall–Kier alpha value is -0.620. The Balaban J connectivity index is 2.33. The monoisotopic (exact) mass is 206 g/mol. The highest BCUT2D eigenvalue weighted by atomic mass is 32.2. The van der Waals surface area contributed by atoms with Crippen molar-refractivity contribution in [2.45, 2.75) is 0 Å². The van der Waals surface area contributed by atoms with Gasteiger partial charge in [0, 0.05) is 25.9 Å². The number of rotatable bonds is 3. The van der Waals surface area contributed by atoms with Crippen molar-refractivity contribution in [1.29, 1.82) is 0 Å². The zero-order chi connectivity index (χ0) is 9.90. The van der Waals surface area contributed by atoms with Crippen LogP contribution in [0.5, 0.6) is 0 Å². The van der Waals surface area contributed by atoms with E-state index in [0.717, 1.165) is 6.54 Å². The van der Waals surface area contributed by atoms with Gasteiger partial charge in [-0.2, -0.15) is 0 Å². The summed E-state index contributed by atoms with van der Waals surface area (Å²) >= 11 is 0. The summed E-state index contributed by atoms with van der Waals surface area (Å²) in [6, 6.07) is 0. The smallest absolute Gasteiger partial charge is 0.234 e. The lowest BCUT2D eigenvalue weighted by molar-refractivity contribution is -0.123. The van der Waals surface area contributed by atoms with E-state index in [0.29, 0.717) is 19.6 Å². The van der Waals surface area contributed by atoms with Crippen LogP contribution >= 0.6 is 0 Å². The van der Waals surface area contributed by atoms with E-state index in [1.165, 1.54) is 6.26 Å². The van der Waals surface area contributed by atoms with Gasteiger partial charge in [0.05, 0.1) is 12.3 Å². The van der Waals surface area contributed by atoms with Crippen LogP contribution in [0.4, 0.5) is 0 Å². The second-order valence-electron chi connectivity index (χ2n) is 3.26. The predicted molar refractivity (Wildman–Crippen MR) is 49.2 cm³/mol. The molecule has 1 rings (SSSR count). The first kappa shape index (κ1) is 10.5. The molecule has 1 aliphatic rings. The van der Waals surface area contributed by atoms with Gasteiger partial charge in [-0.15, -0.1) is 0 Å². The van der Waals surface area contributed by atoms with Crippen LogP contribution in [0.25, 0.3) is 0 Å². The second-order valence-corrected chi connectivity index (χ2v) is 5.52. The molecule has 0 saturated carbocycles. The van der Waals surface area contributed by atoms with Gasteiger partial charge < -0.3 is 5.32 Å². The summed E-state index contributed by atoms with van der Waals surface area (Å²) in [5, 5.41) is 2.68. The number of nitrogens with one attached hydrogen (secondary N) is 1. The van der Waals surface area contributed by atoms with Gasteiger partial charge >= 0.3 is 0 Å². The van der Waals surface area contributed by atoms with Crippen LogP contribution in [-0.2, 0) is 14.6 Å². The van der Waals surface area contributed by atoms with E-state index in [1.54, 1.807) is 0 Å². The van der Waals surface area contributed by atoms with Gasteiger partial charge in [0.15, 0.2) is 0 Å². The summed E-state index contributed by atoms with van der Waals surface area (Å²) in [5.74, 6) is 0.0973. The number of carbonyl (C=O) groups is 1. The maximum atomic E-state index is 10.9. The molecule has 0 bridgehead atoms. The van der Waals surface area contributed by atoms with Crippen LogP contribution in [0.1, 0.15) is 0 Å². The highest BCUT2D eigenvalue weighted by Crippen LogP contribution is 1.94. The Bertz CT molecular complexity index is 286. The molecule has 1 amide bonds. The molecule has 1 N–H and O–H groups in total. The average Bonchev–Trinajstić information content (AvgIpc) is 2.00. The Kier molecular flexibility index (Phi) is 3.27. The number of sulfone groups is 1. The third-order valence-corrected chi connectivity index (χ3v) is 2.82. The molecule has 13 heavy (non-hydrogen) atoms. The topological polar surface area (TPSA) is 66.5 Å². The maximum Gasteiger partial charge on any atom is 0.234 e. The zero-order valence-corrected chi connectivity index (χ0v) is 8.43. The molecule has 1 aliphatic heterocycles. The molecule has 0 spiro atoms. The van der Waals surface area contributed by atoms with Crippen molar-refractivity contribution >= 4 is 15.7 Å². The minimum Gasteiger partial charge on any atom is -0.354 e. The first-order valence-corrected chi connectivity index (χ1v) is 6.20. The Labute approximate surface area is 78.0 Å². The van der Waals surface area contributed by atoms with E-state index < -0.39 is 9.84 Å². The third-order valence-electron chi connectivity index (χ3n) is 1.90. The van der Waals surface area contributed by atoms with Crippen molar-refractivity contribution in [3.63, 3.8) is 0 Å². The normalized spacial score (nSPS) is 19.9. The van der Waals surface area contributed by atoms with Gasteiger partial charge in [0.25, 0.3) is 0 Å². The molecule has 0 aromatic carbocycles. The van der Waals surface area contributed by atoms with Crippen LogP contribution in [-0.4, -0.2) is 57.4 Å². The van der Waals surface area contributed by atoms with E-state index in [4.69, 9.17) is 0 Å². The SMILES string of the molecule is CS(=O)(=O)CCN1CCNC(=O)C1. The van der Waals surface area contributed by atoms with Crippen LogP contribution in [0.2, 0.25) is 0 Å². The molecule has 1 fully saturated rings. The summed E-state index contributed by atoms with van der Waals surface area (Å²) in [6.45, 7) is 2.12. The lowest BCUT2D eigenvalue weighted by Gasteiger charge is -2.25. The fourth-order valence-electron chi connectivity index (χ4n) is 1.18. The fourth-order valence-corrected chi connectivity index (χ4v) is 1.77. The lowest BCUT2D eigenvalue weighted by atomic mass is 10.3. The molecule has 0 atom stereocenters. The Morgan fingerprint density at radius 3 is 2.77 bits per heavy atom. The van der Waals surface area contributed by atoms with Crippen molar-refractivity contribution in [1.82, 2.24) is 10.2 Å². The highest BCUT2D eigenvalue weighted by Gasteiger charge is 2.16. The molecule has 1 saturated heterocycles. The molecular weight excluding hydrogens is 192 g/mol. The van der Waals surface area contributed by atoms with Gasteiger partial charge in [0.2, 0.25) is 5.91 Å². The Morgan fingerprint density at radius 2 is 2.23 bits per heavy atom. The largest absolute Gasteiger partial charge is 0.354 e. The number of hydrogen-bond donors (Lipinski definition) is 1. The standard InChI is InChI=1S/C7H14N2O3S/c1-13(11,12)5-4-9-3-2-8-7(10)6-9/h2-6H2,1H3,(H,8,10). The first-order valence-electron chi connectivity index (χ1n) is 4.14. The molecule has 5 nitrogen and oxygen atoms in total. The summed E-state index contributed by atoms with van der Waals surface area (Å²) < 4.78 is 21.7. The predicted octanol–water partition coefficient (Wildman–Crippen LogP) is -1.54. The Morgan fingerprint density at radius 1 is 1.54 bits per heavy atom. The van der Waals surface area contributed by atoms with E-state index in [2.05, 4.69) is 5.32 Å². The van der Waals surface area contributed by atoms with Crippen LogP contribution in [0.15, 0.2) is 0 Å². The number of nitrogens with zero attached hydrogens (tertiary/aromatic N) is 1. The molecular formula is C7H14N2O3S. The molecule has 0 aromatic rings. The number of carbonyl (C=O) groups excluding carboxylic acids is 1. The quantitative estimate of drug-likeness (QED) is 0.608. The van der Waals surface area contributed by atoms with Gasteiger partial charge in [-0.25, -0.2) is 8.42 Å². The third kappa shape index (κ3) is 4.23. The second kappa shape index (κ2) is 4.06. The maximum absolute atomic E-state index is 10.9. The lowest BCUT2D eigenvalue weighted by Crippen LogP contribution is -2.48. The van der Waals surface area contributed by atoms with Crippen LogP contribution in [0, 0.1) is 0 Å². The zero-order valence-electron chi connectivity index (χ0n) is 7.62. The number of amides is 1. The number of hydrogen-bond acceptors (Lipinski definition) is 4. The summed E-state index contributed by atoms with van der Waals surface area (Å²) in [7, 11) is -2.91. The minimum atomic E-state index is -2.91. The summed E-state index contributed by atoms with van der Waals surface area (Å²) in [4.78, 5) is 12.7. The van der Waals surface area contributed by atoms with Gasteiger partial charge in [-0.1, -0.05) is 0 Å². The van der Waals surface area contributed by atoms with Crippen molar-refractivity contribution in [3.8, 4) is 0 Å². The average molecular weight is 206 g/mol. The summed E-state index contributed by atoms with van der Waals surface area (Å²) in [6.07, 6.45) is 1.21. The molecule has 0 unspecified atom stereocenters. The minimum absolute atomic E-state index is 0.0280. The van der Waals surface area contributed by atoms with E-state index in [9.17, 15) is 13.2 Å². The molecule has 76 valence electrons. The van der Waals surface area contributed by atoms with E-state index in [1.807, 2.05) is 4.90 Å². The molecule has 6 heteroatoms. The molecule has 0 aromatic heterocycles. The van der Waals surface area contributed by atoms with Crippen molar-refractivity contribution in [3.05, 3.63) is 0 Å². The van der Waals surface area contributed by atoms with Crippen molar-refractivity contribution < 1.29 is 13.2 Å². The number of piperazine rings is 1. The molecule has 0 aliphatic carbocycles. The van der Waals surface area contributed by atoms with Crippen molar-refractivity contribution in [2.24, 2.45) is 0 Å². The first-order chi connectivity index (χ1) is 5.97. The van der Waals surface area contributed by atoms with E-state index >= 15 is 0 Å². The van der Waals surface area contributed by atoms with Gasteiger partial charge in [-0.3, -0.25) is 9.69 Å². The summed E-state index contributed by atoms with van der Waals surface area (Å²) in [5.41, 5.74) is 0. The molecule has 0 radical (unpaired) electrons. The van der Waals surface area contributed by atoms with E-state index in [-0.39, 0.29) is 11.7 Å². The van der Waals surface area contributed by atoms with Crippen LogP contribution in [0.3, 0.4) is 0 Å². The fraction of sp³-hybridized carbons (Fsp3) is 0.857. The van der Waals surface area contributed by atoms with Crippen LogP contribution < -0.4 is 5.32 Å². The van der Waals surface area contributed by atoms with Crippen molar-refractivity contribution in [2.75, 3.05) is 38.2 Å². The van der Waals surface area contributed by atoms with Gasteiger partial charge in [-0.05, 0) is 0 Å². The molecule has 1 heterocycles. The van der Waals surface area contributed by atoms with Gasteiger partial charge in [0.1, 0.15) is 9.84 Å².